The Morgan fingerprint density at radius 1 is 0.838 bits per heavy atom. The minimum atomic E-state index is -1.21. The lowest BCUT2D eigenvalue weighted by Crippen LogP contribution is -2.59. The molecular formula is C27H35ClO9. The molecule has 2 aliphatic rings. The van der Waals surface area contributed by atoms with Crippen molar-refractivity contribution in [2.24, 2.45) is 5.92 Å². The van der Waals surface area contributed by atoms with Gasteiger partial charge in [0.25, 0.3) is 0 Å². The van der Waals surface area contributed by atoms with E-state index in [-0.39, 0.29) is 6.61 Å². The van der Waals surface area contributed by atoms with Gasteiger partial charge in [-0.15, -0.1) is 0 Å². The molecule has 10 heteroatoms. The standard InChI is InChI=1S/C27H35ClO9/c1-15(29)33-14-23-25(34-16(2)30)27(36-18(4)32)26(35-17(3)31)24(37-23)20-10-11-22(28)21(13-20)12-19-8-6-5-7-9-19/h10-11,13,19,23-27H,5-9,12,14H2,1-4H3/t23-,24+,25-,26+,27+/m1/s1. The van der Waals surface area contributed by atoms with E-state index >= 15 is 0 Å². The van der Waals surface area contributed by atoms with Crippen LogP contribution in [0.5, 0.6) is 0 Å². The van der Waals surface area contributed by atoms with Gasteiger partial charge in [0.1, 0.15) is 18.8 Å². The summed E-state index contributed by atoms with van der Waals surface area (Å²) in [6.45, 7) is 4.59. The van der Waals surface area contributed by atoms with E-state index in [9.17, 15) is 19.2 Å². The summed E-state index contributed by atoms with van der Waals surface area (Å²) in [6, 6.07) is 5.44. The number of benzene rings is 1. The van der Waals surface area contributed by atoms with Crippen molar-refractivity contribution in [2.75, 3.05) is 6.61 Å². The van der Waals surface area contributed by atoms with Gasteiger partial charge >= 0.3 is 23.9 Å². The molecule has 1 saturated carbocycles. The van der Waals surface area contributed by atoms with E-state index in [1.54, 1.807) is 12.1 Å². The summed E-state index contributed by atoms with van der Waals surface area (Å²) in [7, 11) is 0. The van der Waals surface area contributed by atoms with Gasteiger partial charge < -0.3 is 23.7 Å². The predicted octanol–water partition coefficient (Wildman–Crippen LogP) is 4.26. The highest BCUT2D eigenvalue weighted by atomic mass is 35.5. The van der Waals surface area contributed by atoms with E-state index in [2.05, 4.69) is 0 Å². The molecule has 0 spiro atoms. The van der Waals surface area contributed by atoms with E-state index in [4.69, 9.17) is 35.3 Å². The normalized spacial score (nSPS) is 26.1. The Morgan fingerprint density at radius 3 is 2.03 bits per heavy atom. The first kappa shape index (κ1) is 28.9. The van der Waals surface area contributed by atoms with Crippen LogP contribution in [0.1, 0.15) is 77.0 Å². The number of carbonyl (C=O) groups is 4. The Morgan fingerprint density at radius 2 is 1.43 bits per heavy atom. The molecule has 2 fully saturated rings. The summed E-state index contributed by atoms with van der Waals surface area (Å²) < 4.78 is 28.0. The van der Waals surface area contributed by atoms with Crippen molar-refractivity contribution in [2.45, 2.75) is 96.7 Å². The van der Waals surface area contributed by atoms with Crippen molar-refractivity contribution in [3.63, 3.8) is 0 Å². The van der Waals surface area contributed by atoms with Crippen LogP contribution in [0.2, 0.25) is 5.02 Å². The second-order valence-electron chi connectivity index (χ2n) is 9.68. The van der Waals surface area contributed by atoms with Crippen molar-refractivity contribution in [1.29, 1.82) is 0 Å². The van der Waals surface area contributed by atoms with Gasteiger partial charge in [0.15, 0.2) is 18.3 Å². The first-order chi connectivity index (χ1) is 17.5. The zero-order valence-electron chi connectivity index (χ0n) is 21.7. The van der Waals surface area contributed by atoms with Gasteiger partial charge in [-0.05, 0) is 29.5 Å². The Labute approximate surface area is 222 Å². The largest absolute Gasteiger partial charge is 0.463 e. The molecule has 3 rings (SSSR count). The van der Waals surface area contributed by atoms with Crippen LogP contribution in [0.3, 0.4) is 0 Å². The number of esters is 4. The van der Waals surface area contributed by atoms with Gasteiger partial charge in [-0.3, -0.25) is 19.2 Å². The summed E-state index contributed by atoms with van der Waals surface area (Å²) in [4.78, 5) is 47.7. The number of hydrogen-bond acceptors (Lipinski definition) is 9. The van der Waals surface area contributed by atoms with Gasteiger partial charge in [-0.1, -0.05) is 55.8 Å². The molecule has 204 valence electrons. The Hall–Kier alpha value is -2.65. The third kappa shape index (κ3) is 8.17. The average Bonchev–Trinajstić information content (AvgIpc) is 2.82. The number of rotatable bonds is 8. The smallest absolute Gasteiger partial charge is 0.303 e. The molecule has 0 aromatic heterocycles. The summed E-state index contributed by atoms with van der Waals surface area (Å²) in [5.41, 5.74) is 1.59. The molecule has 0 N–H and O–H groups in total. The van der Waals surface area contributed by atoms with E-state index in [1.807, 2.05) is 6.07 Å². The summed E-state index contributed by atoms with van der Waals surface area (Å²) >= 11 is 6.56. The third-order valence-corrected chi connectivity index (χ3v) is 6.99. The maximum Gasteiger partial charge on any atom is 0.303 e. The Bertz CT molecular complexity index is 988. The highest BCUT2D eigenvalue weighted by Crippen LogP contribution is 2.39. The second-order valence-corrected chi connectivity index (χ2v) is 10.1. The van der Waals surface area contributed by atoms with E-state index < -0.39 is 54.4 Å². The summed E-state index contributed by atoms with van der Waals surface area (Å²) in [5, 5.41) is 0.625. The fourth-order valence-corrected chi connectivity index (χ4v) is 5.32. The van der Waals surface area contributed by atoms with Gasteiger partial charge in [0.05, 0.1) is 0 Å². The van der Waals surface area contributed by atoms with E-state index in [0.717, 1.165) is 24.8 Å². The van der Waals surface area contributed by atoms with Crippen LogP contribution in [-0.4, -0.2) is 54.9 Å². The van der Waals surface area contributed by atoms with Crippen LogP contribution in [-0.2, 0) is 49.3 Å². The third-order valence-electron chi connectivity index (χ3n) is 6.62. The quantitative estimate of drug-likeness (QED) is 0.353. The van der Waals surface area contributed by atoms with Gasteiger partial charge in [0.2, 0.25) is 0 Å². The summed E-state index contributed by atoms with van der Waals surface area (Å²) in [6.07, 6.45) is 1.28. The molecule has 1 saturated heterocycles. The van der Waals surface area contributed by atoms with Crippen LogP contribution < -0.4 is 0 Å². The van der Waals surface area contributed by atoms with Crippen LogP contribution in [0.4, 0.5) is 0 Å². The predicted molar refractivity (Wildman–Crippen MR) is 133 cm³/mol. The van der Waals surface area contributed by atoms with Gasteiger partial charge in [-0.2, -0.15) is 0 Å². The molecule has 5 atom stereocenters. The van der Waals surface area contributed by atoms with Crippen molar-refractivity contribution < 1.29 is 42.9 Å². The number of halogens is 1. The molecule has 0 unspecified atom stereocenters. The monoisotopic (exact) mass is 538 g/mol. The molecule has 1 aliphatic heterocycles. The molecule has 0 radical (unpaired) electrons. The fraction of sp³-hybridized carbons (Fsp3) is 0.630. The first-order valence-electron chi connectivity index (χ1n) is 12.6. The first-order valence-corrected chi connectivity index (χ1v) is 13.0. The van der Waals surface area contributed by atoms with Crippen LogP contribution in [0, 0.1) is 5.92 Å². The number of carbonyl (C=O) groups excluding carboxylic acids is 4. The summed E-state index contributed by atoms with van der Waals surface area (Å²) in [5.74, 6) is -2.00. The fourth-order valence-electron chi connectivity index (χ4n) is 5.13. The Balaban J connectivity index is 2.02. The molecular weight excluding hydrogens is 504 g/mol. The van der Waals surface area contributed by atoms with Crippen molar-refractivity contribution in [3.05, 3.63) is 34.3 Å². The highest BCUT2D eigenvalue weighted by Gasteiger charge is 2.52. The topological polar surface area (TPSA) is 114 Å². The van der Waals surface area contributed by atoms with Crippen LogP contribution in [0.25, 0.3) is 0 Å². The molecule has 1 aromatic carbocycles. The molecule has 0 bridgehead atoms. The SMILES string of the molecule is CC(=O)OC[C@H]1O[C@@H](c2ccc(Cl)c(CC3CCCCC3)c2)[C@H](OC(C)=O)[C@@H](OC(C)=O)[C@@H]1OC(C)=O. The Kier molecular flexibility index (Phi) is 10.3. The minimum Gasteiger partial charge on any atom is -0.463 e. The zero-order valence-corrected chi connectivity index (χ0v) is 22.5. The van der Waals surface area contributed by atoms with E-state index in [1.165, 1.54) is 47.0 Å². The minimum absolute atomic E-state index is 0.267. The maximum absolute atomic E-state index is 12.1. The van der Waals surface area contributed by atoms with Gasteiger partial charge in [0, 0.05) is 32.7 Å². The highest BCUT2D eigenvalue weighted by molar-refractivity contribution is 6.31. The lowest BCUT2D eigenvalue weighted by atomic mass is 9.84. The van der Waals surface area contributed by atoms with E-state index in [0.29, 0.717) is 16.5 Å². The molecule has 1 heterocycles. The molecule has 37 heavy (non-hydrogen) atoms. The van der Waals surface area contributed by atoms with Gasteiger partial charge in [-0.25, -0.2) is 0 Å². The molecule has 0 amide bonds. The maximum atomic E-state index is 12.1. The van der Waals surface area contributed by atoms with Crippen LogP contribution >= 0.6 is 11.6 Å². The molecule has 1 aromatic rings. The van der Waals surface area contributed by atoms with Crippen molar-refractivity contribution in [1.82, 2.24) is 0 Å². The number of hydrogen-bond donors (Lipinski definition) is 0. The molecule has 1 aliphatic carbocycles. The second kappa shape index (κ2) is 13.2. The lowest BCUT2D eigenvalue weighted by molar-refractivity contribution is -0.254. The van der Waals surface area contributed by atoms with Crippen LogP contribution in [0.15, 0.2) is 18.2 Å². The average molecular weight is 539 g/mol. The lowest BCUT2D eigenvalue weighted by Gasteiger charge is -2.44. The van der Waals surface area contributed by atoms with Crippen molar-refractivity contribution >= 4 is 35.5 Å². The van der Waals surface area contributed by atoms with Crippen molar-refractivity contribution in [3.8, 4) is 0 Å². The number of ether oxygens (including phenoxy) is 5. The molecule has 9 nitrogen and oxygen atoms in total. The zero-order chi connectivity index (χ0) is 27.1.